The smallest absolute Gasteiger partial charge is 0.416 e. The molecule has 0 bridgehead atoms. The molecule has 9 heteroatoms. The van der Waals surface area contributed by atoms with E-state index in [1.165, 1.54) is 24.3 Å². The van der Waals surface area contributed by atoms with Crippen LogP contribution in [0.2, 0.25) is 0 Å². The quantitative estimate of drug-likeness (QED) is 0.626. The number of rotatable bonds is 4. The van der Waals surface area contributed by atoms with Crippen molar-refractivity contribution in [3.05, 3.63) is 68.5 Å². The van der Waals surface area contributed by atoms with Gasteiger partial charge in [-0.2, -0.15) is 13.2 Å². The number of ether oxygens (including phenoxy) is 1. The monoisotopic (exact) mass is 457 g/mol. The molecular weight excluding hydrogens is 447 g/mol. The Bertz CT molecular complexity index is 944. The number of amides is 2. The van der Waals surface area contributed by atoms with Crippen molar-refractivity contribution in [1.29, 1.82) is 0 Å². The maximum absolute atomic E-state index is 13.1. The second-order valence-corrected chi connectivity index (χ2v) is 7.41. The number of alkyl halides is 3. The van der Waals surface area contributed by atoms with E-state index in [4.69, 9.17) is 4.74 Å². The predicted molar refractivity (Wildman–Crippen MR) is 99.0 cm³/mol. The third-order valence-electron chi connectivity index (χ3n) is 3.61. The Morgan fingerprint density at radius 1 is 1.15 bits per heavy atom. The molecule has 27 heavy (non-hydrogen) atoms. The van der Waals surface area contributed by atoms with Gasteiger partial charge in [-0.3, -0.25) is 14.9 Å². The lowest BCUT2D eigenvalue weighted by Crippen LogP contribution is -2.17. The highest BCUT2D eigenvalue weighted by atomic mass is 79.9. The van der Waals surface area contributed by atoms with Gasteiger partial charge < -0.3 is 4.74 Å². The molecular formula is C18H11BrF3NO3S. The zero-order valence-electron chi connectivity index (χ0n) is 13.5. The van der Waals surface area contributed by atoms with E-state index in [-0.39, 0.29) is 22.8 Å². The van der Waals surface area contributed by atoms with Gasteiger partial charge in [0.25, 0.3) is 11.1 Å². The highest BCUT2D eigenvalue weighted by Gasteiger charge is 2.33. The fourth-order valence-corrected chi connectivity index (χ4v) is 3.46. The molecule has 1 heterocycles. The lowest BCUT2D eigenvalue weighted by atomic mass is 10.1. The lowest BCUT2D eigenvalue weighted by Gasteiger charge is -2.15. The molecule has 0 aliphatic carbocycles. The van der Waals surface area contributed by atoms with Crippen LogP contribution in [-0.2, 0) is 17.6 Å². The summed E-state index contributed by atoms with van der Waals surface area (Å²) < 4.78 is 45.6. The fourth-order valence-electron chi connectivity index (χ4n) is 2.40. The van der Waals surface area contributed by atoms with Crippen LogP contribution >= 0.6 is 27.7 Å². The molecule has 0 unspecified atom stereocenters. The second kappa shape index (κ2) is 7.77. The fraction of sp³-hybridized carbons (Fsp3) is 0.111. The van der Waals surface area contributed by atoms with E-state index >= 15 is 0 Å². The molecule has 1 fully saturated rings. The number of halogens is 4. The molecule has 140 valence electrons. The van der Waals surface area contributed by atoms with Gasteiger partial charge in [-0.05, 0) is 42.1 Å². The summed E-state index contributed by atoms with van der Waals surface area (Å²) in [6.45, 7) is -0.300. The van der Waals surface area contributed by atoms with Crippen LogP contribution in [0.1, 0.15) is 16.7 Å². The van der Waals surface area contributed by atoms with Crippen LogP contribution in [0.5, 0.6) is 5.75 Å². The minimum atomic E-state index is -4.48. The van der Waals surface area contributed by atoms with Gasteiger partial charge in [-0.1, -0.05) is 34.1 Å². The van der Waals surface area contributed by atoms with E-state index < -0.39 is 22.9 Å². The Hall–Kier alpha value is -2.26. The normalized spacial score (nSPS) is 15.9. The van der Waals surface area contributed by atoms with Crippen molar-refractivity contribution in [3.63, 3.8) is 0 Å². The molecule has 2 aromatic carbocycles. The number of carbonyl (C=O) groups is 2. The maximum atomic E-state index is 13.1. The third kappa shape index (κ3) is 4.72. The first kappa shape index (κ1) is 19.5. The van der Waals surface area contributed by atoms with E-state index in [1.807, 2.05) is 0 Å². The SMILES string of the molecule is O=C1NC(=O)/C(=C/c2cc(Br)ccc2OCc2ccccc2C(F)(F)F)S1. The van der Waals surface area contributed by atoms with Gasteiger partial charge in [0.1, 0.15) is 12.4 Å². The molecule has 1 N–H and O–H groups in total. The lowest BCUT2D eigenvalue weighted by molar-refractivity contribution is -0.138. The molecule has 1 aliphatic rings. The summed E-state index contributed by atoms with van der Waals surface area (Å²) in [7, 11) is 0. The first-order valence-corrected chi connectivity index (χ1v) is 9.17. The van der Waals surface area contributed by atoms with Crippen molar-refractivity contribution in [1.82, 2.24) is 5.32 Å². The zero-order chi connectivity index (χ0) is 19.6. The molecule has 1 aliphatic heterocycles. The Kier molecular flexibility index (Phi) is 5.61. The average molecular weight is 458 g/mol. The Labute approximate surface area is 164 Å². The second-order valence-electron chi connectivity index (χ2n) is 5.48. The largest absolute Gasteiger partial charge is 0.488 e. The number of benzene rings is 2. The predicted octanol–water partition coefficient (Wildman–Crippen LogP) is 5.37. The topological polar surface area (TPSA) is 55.4 Å². The van der Waals surface area contributed by atoms with Gasteiger partial charge >= 0.3 is 6.18 Å². The van der Waals surface area contributed by atoms with Gasteiger partial charge in [0.2, 0.25) is 0 Å². The van der Waals surface area contributed by atoms with E-state index in [2.05, 4.69) is 21.2 Å². The van der Waals surface area contributed by atoms with Crippen LogP contribution in [0.3, 0.4) is 0 Å². The molecule has 2 aromatic rings. The van der Waals surface area contributed by atoms with Gasteiger partial charge in [0.05, 0.1) is 10.5 Å². The number of hydrogen-bond acceptors (Lipinski definition) is 4. The van der Waals surface area contributed by atoms with E-state index in [9.17, 15) is 22.8 Å². The number of hydrogen-bond donors (Lipinski definition) is 1. The minimum absolute atomic E-state index is 0.00492. The summed E-state index contributed by atoms with van der Waals surface area (Å²) in [5.41, 5.74) is -0.311. The van der Waals surface area contributed by atoms with Crippen molar-refractivity contribution < 1.29 is 27.5 Å². The van der Waals surface area contributed by atoms with Crippen LogP contribution < -0.4 is 10.1 Å². The number of thioether (sulfide) groups is 1. The van der Waals surface area contributed by atoms with Crippen molar-refractivity contribution in [2.24, 2.45) is 0 Å². The summed E-state index contributed by atoms with van der Waals surface area (Å²) in [5, 5.41) is 1.66. The molecule has 0 spiro atoms. The van der Waals surface area contributed by atoms with Crippen LogP contribution in [0.4, 0.5) is 18.0 Å². The Morgan fingerprint density at radius 2 is 1.89 bits per heavy atom. The highest BCUT2D eigenvalue weighted by Crippen LogP contribution is 2.34. The van der Waals surface area contributed by atoms with Gasteiger partial charge in [0.15, 0.2) is 0 Å². The van der Waals surface area contributed by atoms with Crippen LogP contribution in [0, 0.1) is 0 Å². The standard InChI is InChI=1S/C18H11BrF3NO3S/c19-12-5-6-14(11(7-12)8-15-16(24)23-17(25)27-15)26-9-10-3-1-2-4-13(10)18(20,21)22/h1-8H,9H2,(H,23,24,25)/b15-8-. The first-order chi connectivity index (χ1) is 12.7. The molecule has 2 amide bonds. The van der Waals surface area contributed by atoms with E-state index in [0.29, 0.717) is 10.0 Å². The van der Waals surface area contributed by atoms with Crippen molar-refractivity contribution in [3.8, 4) is 5.75 Å². The minimum Gasteiger partial charge on any atom is -0.488 e. The summed E-state index contributed by atoms with van der Waals surface area (Å²) in [4.78, 5) is 23.2. The molecule has 0 saturated carbocycles. The van der Waals surface area contributed by atoms with Crippen molar-refractivity contribution in [2.75, 3.05) is 0 Å². The number of carbonyl (C=O) groups excluding carboxylic acids is 2. The summed E-state index contributed by atoms with van der Waals surface area (Å²) in [6, 6.07) is 10.0. The maximum Gasteiger partial charge on any atom is 0.416 e. The van der Waals surface area contributed by atoms with Crippen molar-refractivity contribution in [2.45, 2.75) is 12.8 Å². The van der Waals surface area contributed by atoms with E-state index in [0.717, 1.165) is 17.8 Å². The Morgan fingerprint density at radius 3 is 2.56 bits per heavy atom. The first-order valence-electron chi connectivity index (χ1n) is 7.56. The highest BCUT2D eigenvalue weighted by molar-refractivity contribution is 9.10. The molecule has 0 aromatic heterocycles. The van der Waals surface area contributed by atoms with Crippen molar-refractivity contribution >= 4 is 44.9 Å². The number of imide groups is 1. The molecule has 0 radical (unpaired) electrons. The molecule has 0 atom stereocenters. The molecule has 1 saturated heterocycles. The molecule has 4 nitrogen and oxygen atoms in total. The van der Waals surface area contributed by atoms with Gasteiger partial charge in [-0.25, -0.2) is 0 Å². The van der Waals surface area contributed by atoms with Crippen LogP contribution in [-0.4, -0.2) is 11.1 Å². The summed E-state index contributed by atoms with van der Waals surface area (Å²) >= 11 is 4.04. The van der Waals surface area contributed by atoms with E-state index in [1.54, 1.807) is 18.2 Å². The Balaban J connectivity index is 1.88. The van der Waals surface area contributed by atoms with Crippen LogP contribution in [0.25, 0.3) is 6.08 Å². The van der Waals surface area contributed by atoms with Gasteiger partial charge in [-0.15, -0.1) is 0 Å². The summed E-state index contributed by atoms with van der Waals surface area (Å²) in [5.74, 6) is -0.242. The third-order valence-corrected chi connectivity index (χ3v) is 4.91. The molecule has 3 rings (SSSR count). The van der Waals surface area contributed by atoms with Gasteiger partial charge in [0, 0.05) is 15.6 Å². The summed E-state index contributed by atoms with van der Waals surface area (Å²) in [6.07, 6.45) is -3.02. The average Bonchev–Trinajstić information content (AvgIpc) is 2.91. The zero-order valence-corrected chi connectivity index (χ0v) is 15.9. The number of nitrogens with one attached hydrogen (secondary N) is 1. The van der Waals surface area contributed by atoms with Crippen LogP contribution in [0.15, 0.2) is 51.8 Å².